The molecular weight excluding hydrogens is 238 g/mol. The van der Waals surface area contributed by atoms with Gasteiger partial charge in [-0.05, 0) is 6.07 Å². The fraction of sp³-hybridized carbons (Fsp3) is 0.333. The first kappa shape index (κ1) is 12.8. The minimum atomic E-state index is -5.94. The largest absolute Gasteiger partial charge is 0.456 e. The van der Waals surface area contributed by atoms with Gasteiger partial charge >= 0.3 is 12.1 Å². The first-order valence-electron chi connectivity index (χ1n) is 4.05. The number of hydrogen-bond acceptors (Lipinski definition) is 1. The molecule has 1 atom stereocenters. The Morgan fingerprint density at radius 2 is 1.50 bits per heavy atom. The van der Waals surface area contributed by atoms with Crippen molar-refractivity contribution in [3.63, 3.8) is 0 Å². The van der Waals surface area contributed by atoms with Gasteiger partial charge in [0.2, 0.25) is 0 Å². The van der Waals surface area contributed by atoms with E-state index in [9.17, 15) is 26.3 Å². The normalized spacial score (nSPS) is 14.9. The zero-order valence-corrected chi connectivity index (χ0v) is 7.60. The first-order valence-corrected chi connectivity index (χ1v) is 4.05. The van der Waals surface area contributed by atoms with Gasteiger partial charge in [-0.3, -0.25) is 0 Å². The van der Waals surface area contributed by atoms with Crippen LogP contribution in [-0.4, -0.2) is 17.2 Å². The summed E-state index contributed by atoms with van der Waals surface area (Å²) in [4.78, 5) is 0. The van der Waals surface area contributed by atoms with Gasteiger partial charge in [0, 0.05) is 5.56 Å². The van der Waals surface area contributed by atoms with E-state index in [0.717, 1.165) is 12.1 Å². The predicted octanol–water partition coefficient (Wildman–Crippen LogP) is 3.06. The van der Waals surface area contributed by atoms with Crippen LogP contribution in [0, 0.1) is 5.82 Å². The molecule has 1 aromatic carbocycles. The third-order valence-electron chi connectivity index (χ3n) is 1.92. The van der Waals surface area contributed by atoms with E-state index in [0.29, 0.717) is 12.1 Å². The highest BCUT2D eigenvalue weighted by atomic mass is 19.4. The smallest absolute Gasteiger partial charge is 0.382 e. The molecule has 7 heteroatoms. The number of rotatable bonds is 2. The lowest BCUT2D eigenvalue weighted by molar-refractivity contribution is -0.315. The van der Waals surface area contributed by atoms with E-state index in [1.807, 2.05) is 0 Å². The molecule has 1 N–H and O–H groups in total. The molecule has 0 aliphatic carbocycles. The van der Waals surface area contributed by atoms with Crippen LogP contribution >= 0.6 is 0 Å². The molecule has 1 nitrogen and oxygen atoms in total. The average Bonchev–Trinajstić information content (AvgIpc) is 2.15. The SMILES string of the molecule is OC(c1ccccc1F)C(F)(F)C(F)(F)F. The Morgan fingerprint density at radius 1 is 1.00 bits per heavy atom. The molecule has 0 fully saturated rings. The summed E-state index contributed by atoms with van der Waals surface area (Å²) in [5.74, 6) is -6.71. The molecule has 0 bridgehead atoms. The standard InChI is InChI=1S/C9H6F6O/c10-6-4-2-1-3-5(6)7(16)8(11,12)9(13,14)15/h1-4,7,16H. The summed E-state index contributed by atoms with van der Waals surface area (Å²) in [6, 6.07) is 3.51. The lowest BCUT2D eigenvalue weighted by atomic mass is 10.0. The molecule has 0 heterocycles. The van der Waals surface area contributed by atoms with Gasteiger partial charge in [0.25, 0.3) is 0 Å². The zero-order chi connectivity index (χ0) is 12.6. The molecular formula is C9H6F6O. The summed E-state index contributed by atoms with van der Waals surface area (Å²) in [5, 5.41) is 8.85. The predicted molar refractivity (Wildman–Crippen MR) is 42.4 cm³/mol. The van der Waals surface area contributed by atoms with Crippen molar-refractivity contribution in [1.82, 2.24) is 0 Å². The molecule has 16 heavy (non-hydrogen) atoms. The third kappa shape index (κ3) is 2.13. The summed E-state index contributed by atoms with van der Waals surface area (Å²) in [6.45, 7) is 0. The highest BCUT2D eigenvalue weighted by molar-refractivity contribution is 5.22. The number of hydrogen-bond donors (Lipinski definition) is 1. The van der Waals surface area contributed by atoms with Crippen LogP contribution in [0.15, 0.2) is 24.3 Å². The van der Waals surface area contributed by atoms with E-state index >= 15 is 0 Å². The van der Waals surface area contributed by atoms with Gasteiger partial charge in [-0.2, -0.15) is 22.0 Å². The molecule has 0 aliphatic rings. The summed E-state index contributed by atoms with van der Waals surface area (Å²) < 4.78 is 73.8. The Hall–Kier alpha value is -1.24. The van der Waals surface area contributed by atoms with Gasteiger partial charge in [0.1, 0.15) is 5.82 Å². The Morgan fingerprint density at radius 3 is 1.94 bits per heavy atom. The molecule has 0 aromatic heterocycles. The van der Waals surface area contributed by atoms with Crippen LogP contribution in [0.3, 0.4) is 0 Å². The molecule has 0 aliphatic heterocycles. The second-order valence-corrected chi connectivity index (χ2v) is 3.04. The Bertz CT molecular complexity index is 373. The van der Waals surface area contributed by atoms with Crippen molar-refractivity contribution >= 4 is 0 Å². The molecule has 1 unspecified atom stereocenters. The second-order valence-electron chi connectivity index (χ2n) is 3.04. The summed E-state index contributed by atoms with van der Waals surface area (Å²) in [7, 11) is 0. The van der Waals surface area contributed by atoms with Gasteiger partial charge in [-0.15, -0.1) is 0 Å². The van der Waals surface area contributed by atoms with E-state index in [2.05, 4.69) is 0 Å². The Balaban J connectivity index is 3.12. The maximum atomic E-state index is 12.9. The van der Waals surface area contributed by atoms with E-state index in [1.165, 1.54) is 0 Å². The van der Waals surface area contributed by atoms with Crippen LogP contribution in [0.25, 0.3) is 0 Å². The number of aliphatic hydroxyl groups is 1. The highest BCUT2D eigenvalue weighted by Gasteiger charge is 2.63. The van der Waals surface area contributed by atoms with Crippen LogP contribution < -0.4 is 0 Å². The van der Waals surface area contributed by atoms with Gasteiger partial charge in [0.05, 0.1) is 0 Å². The number of benzene rings is 1. The van der Waals surface area contributed by atoms with Gasteiger partial charge in [0.15, 0.2) is 6.10 Å². The molecule has 0 radical (unpaired) electrons. The Kier molecular flexibility index (Phi) is 3.18. The monoisotopic (exact) mass is 244 g/mol. The molecule has 0 saturated heterocycles. The van der Waals surface area contributed by atoms with Gasteiger partial charge in [-0.1, -0.05) is 18.2 Å². The number of alkyl halides is 5. The van der Waals surface area contributed by atoms with Gasteiger partial charge in [-0.25, -0.2) is 4.39 Å². The lowest BCUT2D eigenvalue weighted by Gasteiger charge is -2.25. The minimum absolute atomic E-state index is 0.666. The van der Waals surface area contributed by atoms with Crippen LogP contribution in [0.5, 0.6) is 0 Å². The number of aliphatic hydroxyl groups excluding tert-OH is 1. The average molecular weight is 244 g/mol. The fourth-order valence-electron chi connectivity index (χ4n) is 1.05. The van der Waals surface area contributed by atoms with E-state index in [4.69, 9.17) is 5.11 Å². The maximum absolute atomic E-state index is 12.9. The summed E-state index contributed by atoms with van der Waals surface area (Å²) >= 11 is 0. The van der Waals surface area contributed by atoms with Crippen molar-refractivity contribution in [2.45, 2.75) is 18.2 Å². The molecule has 90 valence electrons. The highest BCUT2D eigenvalue weighted by Crippen LogP contribution is 2.44. The fourth-order valence-corrected chi connectivity index (χ4v) is 1.05. The van der Waals surface area contributed by atoms with Crippen molar-refractivity contribution in [3.8, 4) is 0 Å². The van der Waals surface area contributed by atoms with Crippen molar-refractivity contribution in [2.75, 3.05) is 0 Å². The topological polar surface area (TPSA) is 20.2 Å². The Labute approximate surface area is 86.3 Å². The van der Waals surface area contributed by atoms with Gasteiger partial charge < -0.3 is 5.11 Å². The second kappa shape index (κ2) is 3.97. The molecule has 0 spiro atoms. The van der Waals surface area contributed by atoms with E-state index in [1.54, 1.807) is 0 Å². The van der Waals surface area contributed by atoms with E-state index < -0.39 is 29.6 Å². The van der Waals surface area contributed by atoms with Crippen LogP contribution in [0.2, 0.25) is 0 Å². The van der Waals surface area contributed by atoms with Crippen molar-refractivity contribution in [3.05, 3.63) is 35.6 Å². The maximum Gasteiger partial charge on any atom is 0.456 e. The van der Waals surface area contributed by atoms with Crippen molar-refractivity contribution in [2.24, 2.45) is 0 Å². The third-order valence-corrected chi connectivity index (χ3v) is 1.92. The molecule has 1 rings (SSSR count). The molecule has 0 saturated carbocycles. The quantitative estimate of drug-likeness (QED) is 0.792. The van der Waals surface area contributed by atoms with Crippen LogP contribution in [0.4, 0.5) is 26.3 Å². The zero-order valence-electron chi connectivity index (χ0n) is 7.60. The van der Waals surface area contributed by atoms with Crippen LogP contribution in [0.1, 0.15) is 11.7 Å². The van der Waals surface area contributed by atoms with Crippen molar-refractivity contribution < 1.29 is 31.4 Å². The molecule has 1 aromatic rings. The first-order chi connectivity index (χ1) is 7.18. The summed E-state index contributed by atoms with van der Waals surface area (Å²) in [6.07, 6.45) is -9.19. The number of halogens is 6. The molecule has 0 amide bonds. The minimum Gasteiger partial charge on any atom is -0.382 e. The van der Waals surface area contributed by atoms with E-state index in [-0.39, 0.29) is 0 Å². The lowest BCUT2D eigenvalue weighted by Crippen LogP contribution is -2.42. The summed E-state index contributed by atoms with van der Waals surface area (Å²) in [5.41, 5.74) is -1.09. The van der Waals surface area contributed by atoms with Crippen LogP contribution in [-0.2, 0) is 0 Å². The van der Waals surface area contributed by atoms with Crippen molar-refractivity contribution in [1.29, 1.82) is 0 Å².